The average Bonchev–Trinajstić information content (AvgIpc) is 3.53. The number of carbonyl (C=O) groups is 2. The highest BCUT2D eigenvalue weighted by Gasteiger charge is 2.44. The summed E-state index contributed by atoms with van der Waals surface area (Å²) >= 11 is 0. The second kappa shape index (κ2) is 7.84. The predicted octanol–water partition coefficient (Wildman–Crippen LogP) is 3.32. The molecule has 3 rings (SSSR count). The fraction of sp³-hybridized carbons (Fsp3) is 0.650. The van der Waals surface area contributed by atoms with Gasteiger partial charge >= 0.3 is 6.18 Å². The summed E-state index contributed by atoms with van der Waals surface area (Å²) in [7, 11) is 1.53. The number of halogens is 3. The van der Waals surface area contributed by atoms with Crippen LogP contribution in [-0.4, -0.2) is 41.7 Å². The van der Waals surface area contributed by atoms with E-state index in [0.29, 0.717) is 5.56 Å². The Morgan fingerprint density at radius 2 is 1.93 bits per heavy atom. The number of ether oxygens (including phenoxy) is 1. The van der Waals surface area contributed by atoms with Crippen LogP contribution in [-0.2, 0) is 4.79 Å². The number of aromatic nitrogens is 1. The van der Waals surface area contributed by atoms with E-state index in [1.165, 1.54) is 19.3 Å². The lowest BCUT2D eigenvalue weighted by atomic mass is 9.91. The van der Waals surface area contributed by atoms with Crippen LogP contribution in [0.1, 0.15) is 67.9 Å². The third kappa shape index (κ3) is 5.19. The van der Waals surface area contributed by atoms with Crippen LogP contribution in [0, 0.1) is 5.92 Å². The maximum absolute atomic E-state index is 13.0. The molecule has 1 aromatic rings. The predicted molar refractivity (Wildman–Crippen MR) is 99.6 cm³/mol. The largest absolute Gasteiger partial charge is 0.481 e. The molecule has 0 aromatic carbocycles. The van der Waals surface area contributed by atoms with Crippen LogP contribution in [0.3, 0.4) is 0 Å². The molecule has 2 saturated carbocycles. The van der Waals surface area contributed by atoms with E-state index < -0.39 is 23.7 Å². The summed E-state index contributed by atoms with van der Waals surface area (Å²) in [5.74, 6) is -0.401. The van der Waals surface area contributed by atoms with E-state index in [1.807, 2.05) is 0 Å². The number of hydrogen-bond donors (Lipinski definition) is 2. The Labute approximate surface area is 167 Å². The molecule has 29 heavy (non-hydrogen) atoms. The van der Waals surface area contributed by atoms with Crippen molar-refractivity contribution in [1.29, 1.82) is 0 Å². The highest BCUT2D eigenvalue weighted by atomic mass is 19.4. The number of amides is 2. The first kappa shape index (κ1) is 21.4. The Hall–Kier alpha value is -2.32. The van der Waals surface area contributed by atoms with Crippen LogP contribution in [0.15, 0.2) is 12.3 Å². The lowest BCUT2D eigenvalue weighted by molar-refractivity contribution is -0.189. The highest BCUT2D eigenvalue weighted by molar-refractivity contribution is 5.93. The van der Waals surface area contributed by atoms with Gasteiger partial charge in [0.1, 0.15) is 11.4 Å². The first-order valence-corrected chi connectivity index (χ1v) is 9.80. The summed E-state index contributed by atoms with van der Waals surface area (Å²) in [4.78, 5) is 28.8. The Bertz CT molecular complexity index is 791. The van der Waals surface area contributed by atoms with Crippen molar-refractivity contribution in [3.8, 4) is 5.75 Å². The van der Waals surface area contributed by atoms with Crippen molar-refractivity contribution in [1.82, 2.24) is 15.6 Å². The lowest BCUT2D eigenvalue weighted by Crippen LogP contribution is -2.50. The third-order valence-electron chi connectivity index (χ3n) is 5.59. The minimum atomic E-state index is -4.51. The van der Waals surface area contributed by atoms with Crippen LogP contribution in [0.2, 0.25) is 0 Å². The smallest absolute Gasteiger partial charge is 0.425 e. The van der Waals surface area contributed by atoms with Gasteiger partial charge < -0.3 is 15.4 Å². The maximum Gasteiger partial charge on any atom is 0.425 e. The van der Waals surface area contributed by atoms with Crippen LogP contribution < -0.4 is 15.4 Å². The summed E-state index contributed by atoms with van der Waals surface area (Å²) in [6, 6.07) is 1.28. The molecular weight excluding hydrogens is 387 g/mol. The molecule has 0 bridgehead atoms. The summed E-state index contributed by atoms with van der Waals surface area (Å²) in [5, 5.41) is 5.43. The number of nitrogens with zero attached hydrogens (tertiary/aromatic N) is 1. The molecule has 9 heteroatoms. The van der Waals surface area contributed by atoms with Crippen molar-refractivity contribution in [3.63, 3.8) is 0 Å². The molecule has 2 N–H and O–H groups in total. The van der Waals surface area contributed by atoms with Crippen LogP contribution in [0.4, 0.5) is 13.2 Å². The number of alkyl halides is 3. The van der Waals surface area contributed by atoms with Gasteiger partial charge in [0, 0.05) is 36.8 Å². The molecule has 0 spiro atoms. The molecular formula is C20H26F3N3O3. The van der Waals surface area contributed by atoms with Crippen molar-refractivity contribution in [2.24, 2.45) is 5.92 Å². The first-order chi connectivity index (χ1) is 13.5. The van der Waals surface area contributed by atoms with Gasteiger partial charge in [-0.3, -0.25) is 14.6 Å². The summed E-state index contributed by atoms with van der Waals surface area (Å²) in [6.45, 7) is 2.74. The SMILES string of the molecule is CNC(=O)CC(C)(NC(=O)c1cc(O[C@@H](C)C(F)(F)F)c(C2CC2)cn1)C1CC1. The second-order valence-corrected chi connectivity index (χ2v) is 8.18. The number of rotatable bonds is 8. The Kier molecular flexibility index (Phi) is 5.78. The quantitative estimate of drug-likeness (QED) is 0.685. The average molecular weight is 413 g/mol. The van der Waals surface area contributed by atoms with E-state index in [4.69, 9.17) is 4.74 Å². The summed E-state index contributed by atoms with van der Waals surface area (Å²) < 4.78 is 44.0. The zero-order valence-electron chi connectivity index (χ0n) is 16.7. The minimum Gasteiger partial charge on any atom is -0.481 e. The van der Waals surface area contributed by atoms with E-state index in [-0.39, 0.29) is 35.6 Å². The van der Waals surface area contributed by atoms with Crippen LogP contribution >= 0.6 is 0 Å². The standard InChI is InChI=1S/C20H26F3N3O3/c1-11(20(21,22)23)29-16-8-15(25-10-14(16)12-4-5-12)18(28)26-19(2,13-6-7-13)9-17(27)24-3/h8,10-13H,4-7,9H2,1-3H3,(H,24,27)(H,26,28)/t11-,19?/m0/s1. The zero-order valence-corrected chi connectivity index (χ0v) is 16.7. The molecule has 2 aliphatic carbocycles. The van der Waals surface area contributed by atoms with Gasteiger partial charge in [-0.15, -0.1) is 0 Å². The fourth-order valence-corrected chi connectivity index (χ4v) is 3.39. The van der Waals surface area contributed by atoms with E-state index in [1.54, 1.807) is 6.92 Å². The molecule has 1 aromatic heterocycles. The molecule has 2 atom stereocenters. The molecule has 2 aliphatic rings. The van der Waals surface area contributed by atoms with Gasteiger partial charge in [-0.25, -0.2) is 0 Å². The Balaban J connectivity index is 1.81. The zero-order chi connectivity index (χ0) is 21.4. The minimum absolute atomic E-state index is 0.0254. The lowest BCUT2D eigenvalue weighted by Gasteiger charge is -2.30. The van der Waals surface area contributed by atoms with Crippen LogP contribution in [0.25, 0.3) is 0 Å². The molecule has 0 radical (unpaired) electrons. The van der Waals surface area contributed by atoms with E-state index in [0.717, 1.165) is 32.6 Å². The molecule has 1 unspecified atom stereocenters. The monoisotopic (exact) mass is 413 g/mol. The van der Waals surface area contributed by atoms with E-state index in [2.05, 4.69) is 15.6 Å². The maximum atomic E-state index is 13.0. The van der Waals surface area contributed by atoms with Crippen molar-refractivity contribution in [3.05, 3.63) is 23.5 Å². The van der Waals surface area contributed by atoms with Gasteiger partial charge in [0.15, 0.2) is 6.10 Å². The van der Waals surface area contributed by atoms with Crippen molar-refractivity contribution >= 4 is 11.8 Å². The number of nitrogens with one attached hydrogen (secondary N) is 2. The second-order valence-electron chi connectivity index (χ2n) is 8.18. The van der Waals surface area contributed by atoms with Gasteiger partial charge in [-0.1, -0.05) is 0 Å². The van der Waals surface area contributed by atoms with Gasteiger partial charge in [-0.2, -0.15) is 13.2 Å². The first-order valence-electron chi connectivity index (χ1n) is 9.80. The summed E-state index contributed by atoms with van der Waals surface area (Å²) in [6.07, 6.45) is -1.44. The Morgan fingerprint density at radius 1 is 1.28 bits per heavy atom. The highest BCUT2D eigenvalue weighted by Crippen LogP contribution is 2.45. The normalized spacial score (nSPS) is 19.8. The molecule has 0 aliphatic heterocycles. The molecule has 1 heterocycles. The Morgan fingerprint density at radius 3 is 2.45 bits per heavy atom. The van der Waals surface area contributed by atoms with Crippen molar-refractivity contribution in [2.75, 3.05) is 7.05 Å². The number of carbonyl (C=O) groups excluding carboxylic acids is 2. The molecule has 2 amide bonds. The van der Waals surface area contributed by atoms with Gasteiger partial charge in [0.25, 0.3) is 5.91 Å². The summed E-state index contributed by atoms with van der Waals surface area (Å²) in [5.41, 5.74) is -0.176. The molecule has 6 nitrogen and oxygen atoms in total. The number of pyridine rings is 1. The van der Waals surface area contributed by atoms with Crippen LogP contribution in [0.5, 0.6) is 5.75 Å². The molecule has 0 saturated heterocycles. The van der Waals surface area contributed by atoms with Crippen molar-refractivity contribution < 1.29 is 27.5 Å². The van der Waals surface area contributed by atoms with Crippen molar-refractivity contribution in [2.45, 2.75) is 69.7 Å². The molecule has 2 fully saturated rings. The topological polar surface area (TPSA) is 80.3 Å². The fourth-order valence-electron chi connectivity index (χ4n) is 3.39. The van der Waals surface area contributed by atoms with Gasteiger partial charge in [0.2, 0.25) is 5.91 Å². The van der Waals surface area contributed by atoms with Gasteiger partial charge in [0.05, 0.1) is 0 Å². The molecule has 160 valence electrons. The third-order valence-corrected chi connectivity index (χ3v) is 5.59. The van der Waals surface area contributed by atoms with E-state index >= 15 is 0 Å². The van der Waals surface area contributed by atoms with E-state index in [9.17, 15) is 22.8 Å². The van der Waals surface area contributed by atoms with Gasteiger partial charge in [-0.05, 0) is 51.4 Å². The number of hydrogen-bond acceptors (Lipinski definition) is 4.